The molecule has 2 N–H and O–H groups in total. The van der Waals surface area contributed by atoms with E-state index < -0.39 is 0 Å². The minimum absolute atomic E-state index is 0.386. The molecule has 0 aromatic carbocycles. The van der Waals surface area contributed by atoms with Gasteiger partial charge in [-0.25, -0.2) is 0 Å². The molecule has 0 radical (unpaired) electrons. The highest BCUT2D eigenvalue weighted by atomic mass is 16.1. The molecular weight excluding hydrogens is 174 g/mol. The fraction of sp³-hybridized carbons (Fsp3) is 0.250. The molecule has 0 heterocycles. The standard InChI is InChI=1S/C12H17NO/c1-4-7-10(8-5-2)11(9-6-3)12(13)14/h4-6H,1-3,7-9H2,(H2,13,14). The van der Waals surface area contributed by atoms with E-state index >= 15 is 0 Å². The van der Waals surface area contributed by atoms with E-state index in [2.05, 4.69) is 19.7 Å². The molecule has 0 saturated heterocycles. The highest BCUT2D eigenvalue weighted by Crippen LogP contribution is 2.17. The van der Waals surface area contributed by atoms with E-state index in [-0.39, 0.29) is 5.91 Å². The number of carbonyl (C=O) groups excluding carboxylic acids is 1. The first-order valence-corrected chi connectivity index (χ1v) is 4.50. The van der Waals surface area contributed by atoms with Gasteiger partial charge >= 0.3 is 0 Å². The van der Waals surface area contributed by atoms with E-state index in [4.69, 9.17) is 5.73 Å². The number of nitrogens with two attached hydrogens (primary N) is 1. The van der Waals surface area contributed by atoms with Crippen molar-refractivity contribution < 1.29 is 4.79 Å². The zero-order valence-corrected chi connectivity index (χ0v) is 8.46. The largest absolute Gasteiger partial charge is 0.366 e. The third kappa shape index (κ3) is 3.90. The van der Waals surface area contributed by atoms with Crippen molar-refractivity contribution in [2.24, 2.45) is 5.73 Å². The van der Waals surface area contributed by atoms with E-state index in [0.717, 1.165) is 5.57 Å². The molecule has 0 aliphatic heterocycles. The van der Waals surface area contributed by atoms with Crippen molar-refractivity contribution in [3.8, 4) is 0 Å². The van der Waals surface area contributed by atoms with Gasteiger partial charge in [-0.05, 0) is 19.3 Å². The highest BCUT2D eigenvalue weighted by molar-refractivity contribution is 5.93. The van der Waals surface area contributed by atoms with Crippen LogP contribution >= 0.6 is 0 Å². The van der Waals surface area contributed by atoms with E-state index in [0.29, 0.717) is 24.8 Å². The minimum Gasteiger partial charge on any atom is -0.366 e. The molecule has 0 fully saturated rings. The van der Waals surface area contributed by atoms with Crippen LogP contribution in [0.5, 0.6) is 0 Å². The van der Waals surface area contributed by atoms with E-state index in [1.165, 1.54) is 0 Å². The van der Waals surface area contributed by atoms with Crippen molar-refractivity contribution in [3.63, 3.8) is 0 Å². The molecule has 2 heteroatoms. The molecule has 0 spiro atoms. The third-order valence-corrected chi connectivity index (χ3v) is 1.85. The van der Waals surface area contributed by atoms with Gasteiger partial charge in [-0.15, -0.1) is 19.7 Å². The molecule has 0 aromatic rings. The Bertz CT molecular complexity index is 262. The molecule has 0 unspecified atom stereocenters. The van der Waals surface area contributed by atoms with Crippen molar-refractivity contribution in [2.75, 3.05) is 0 Å². The molecule has 2 nitrogen and oxygen atoms in total. The monoisotopic (exact) mass is 191 g/mol. The van der Waals surface area contributed by atoms with Crippen LogP contribution < -0.4 is 5.73 Å². The number of primary amides is 1. The van der Waals surface area contributed by atoms with Gasteiger partial charge in [-0.1, -0.05) is 23.8 Å². The molecule has 0 atom stereocenters. The van der Waals surface area contributed by atoms with Crippen LogP contribution in [0.25, 0.3) is 0 Å². The van der Waals surface area contributed by atoms with E-state index in [9.17, 15) is 4.79 Å². The average molecular weight is 191 g/mol. The second-order valence-corrected chi connectivity index (χ2v) is 2.92. The van der Waals surface area contributed by atoms with Crippen LogP contribution in [0.15, 0.2) is 49.1 Å². The summed E-state index contributed by atoms with van der Waals surface area (Å²) in [5.74, 6) is -0.386. The minimum atomic E-state index is -0.386. The fourth-order valence-corrected chi connectivity index (χ4v) is 1.24. The topological polar surface area (TPSA) is 43.1 Å². The maximum absolute atomic E-state index is 11.1. The highest BCUT2D eigenvalue weighted by Gasteiger charge is 2.08. The molecule has 76 valence electrons. The lowest BCUT2D eigenvalue weighted by Gasteiger charge is -2.07. The summed E-state index contributed by atoms with van der Waals surface area (Å²) in [5, 5.41) is 0. The number of hydrogen-bond acceptors (Lipinski definition) is 1. The molecule has 0 aliphatic rings. The lowest BCUT2D eigenvalue weighted by molar-refractivity contribution is -0.114. The van der Waals surface area contributed by atoms with Gasteiger partial charge < -0.3 is 5.73 Å². The lowest BCUT2D eigenvalue weighted by atomic mass is 9.99. The Labute approximate surface area is 85.5 Å². The number of hydrogen-bond donors (Lipinski definition) is 1. The van der Waals surface area contributed by atoms with Gasteiger partial charge in [0.05, 0.1) is 0 Å². The zero-order valence-electron chi connectivity index (χ0n) is 8.46. The van der Waals surface area contributed by atoms with Crippen LogP contribution in [0.2, 0.25) is 0 Å². The quantitative estimate of drug-likeness (QED) is 0.487. The number of allylic oxidation sites excluding steroid dienone is 4. The zero-order chi connectivity index (χ0) is 11.0. The van der Waals surface area contributed by atoms with Gasteiger partial charge in [-0.2, -0.15) is 0 Å². The van der Waals surface area contributed by atoms with Crippen LogP contribution in [0, 0.1) is 0 Å². The summed E-state index contributed by atoms with van der Waals surface area (Å²) in [4.78, 5) is 11.1. The first-order valence-electron chi connectivity index (χ1n) is 4.50. The Morgan fingerprint density at radius 3 is 1.71 bits per heavy atom. The second-order valence-electron chi connectivity index (χ2n) is 2.92. The van der Waals surface area contributed by atoms with E-state index in [1.807, 2.05) is 0 Å². The second kappa shape index (κ2) is 6.89. The normalized spacial score (nSPS) is 8.86. The van der Waals surface area contributed by atoms with Gasteiger partial charge in [0.15, 0.2) is 0 Å². The summed E-state index contributed by atoms with van der Waals surface area (Å²) >= 11 is 0. The Morgan fingerprint density at radius 2 is 1.43 bits per heavy atom. The first kappa shape index (κ1) is 12.4. The summed E-state index contributed by atoms with van der Waals surface area (Å²) in [6.45, 7) is 10.9. The molecular formula is C12H17NO. The summed E-state index contributed by atoms with van der Waals surface area (Å²) in [5.41, 5.74) is 6.87. The van der Waals surface area contributed by atoms with Crippen LogP contribution in [0.3, 0.4) is 0 Å². The molecule has 1 amide bonds. The summed E-state index contributed by atoms with van der Waals surface area (Å²) in [7, 11) is 0. The molecule has 0 bridgehead atoms. The molecule has 0 aliphatic carbocycles. The van der Waals surface area contributed by atoms with Crippen molar-refractivity contribution in [1.82, 2.24) is 0 Å². The lowest BCUT2D eigenvalue weighted by Crippen LogP contribution is -2.15. The Hall–Kier alpha value is -1.57. The maximum Gasteiger partial charge on any atom is 0.244 e. The Balaban J connectivity index is 4.99. The summed E-state index contributed by atoms with van der Waals surface area (Å²) in [6.07, 6.45) is 7.02. The smallest absolute Gasteiger partial charge is 0.244 e. The predicted octanol–water partition coefficient (Wildman–Crippen LogP) is 2.50. The van der Waals surface area contributed by atoms with Crippen molar-refractivity contribution >= 4 is 5.91 Å². The van der Waals surface area contributed by atoms with Gasteiger partial charge in [0.25, 0.3) is 0 Å². The predicted molar refractivity (Wildman–Crippen MR) is 60.7 cm³/mol. The summed E-state index contributed by atoms with van der Waals surface area (Å²) < 4.78 is 0. The molecule has 0 aromatic heterocycles. The van der Waals surface area contributed by atoms with Crippen molar-refractivity contribution in [3.05, 3.63) is 49.1 Å². The molecule has 14 heavy (non-hydrogen) atoms. The maximum atomic E-state index is 11.1. The van der Waals surface area contributed by atoms with Crippen LogP contribution in [-0.2, 0) is 4.79 Å². The summed E-state index contributed by atoms with van der Waals surface area (Å²) in [6, 6.07) is 0. The van der Waals surface area contributed by atoms with Gasteiger partial charge in [0, 0.05) is 5.57 Å². The van der Waals surface area contributed by atoms with Crippen molar-refractivity contribution in [1.29, 1.82) is 0 Å². The Kier molecular flexibility index (Phi) is 6.12. The molecule has 0 rings (SSSR count). The van der Waals surface area contributed by atoms with E-state index in [1.54, 1.807) is 18.2 Å². The fourth-order valence-electron chi connectivity index (χ4n) is 1.24. The molecule has 0 saturated carbocycles. The van der Waals surface area contributed by atoms with Crippen molar-refractivity contribution in [2.45, 2.75) is 19.3 Å². The van der Waals surface area contributed by atoms with Crippen LogP contribution in [0.4, 0.5) is 0 Å². The van der Waals surface area contributed by atoms with Gasteiger partial charge in [-0.3, -0.25) is 4.79 Å². The van der Waals surface area contributed by atoms with Gasteiger partial charge in [0.1, 0.15) is 0 Å². The third-order valence-electron chi connectivity index (χ3n) is 1.85. The average Bonchev–Trinajstić information content (AvgIpc) is 2.13. The first-order chi connectivity index (χ1) is 6.67. The number of rotatable bonds is 7. The number of carbonyl (C=O) groups is 1. The van der Waals surface area contributed by atoms with Crippen LogP contribution in [-0.4, -0.2) is 5.91 Å². The number of amides is 1. The SMILES string of the molecule is C=CCC(CC=C)=C(CC=C)C(N)=O. The van der Waals surface area contributed by atoms with Crippen LogP contribution in [0.1, 0.15) is 19.3 Å². The Morgan fingerprint density at radius 1 is 1.00 bits per heavy atom. The van der Waals surface area contributed by atoms with Gasteiger partial charge in [0.2, 0.25) is 5.91 Å².